The van der Waals surface area contributed by atoms with Crippen molar-refractivity contribution >= 4 is 5.84 Å². The first-order valence-corrected chi connectivity index (χ1v) is 4.78. The smallest absolute Gasteiger partial charge is 0.266 e. The Morgan fingerprint density at radius 2 is 2.40 bits per heavy atom. The summed E-state index contributed by atoms with van der Waals surface area (Å²) in [4.78, 5) is 11.4. The minimum absolute atomic E-state index is 0.0768. The number of nitrogens with two attached hydrogens (primary N) is 1. The van der Waals surface area contributed by atoms with Crippen LogP contribution in [0.25, 0.3) is 0 Å². The van der Waals surface area contributed by atoms with E-state index >= 15 is 0 Å². The van der Waals surface area contributed by atoms with E-state index in [0.29, 0.717) is 18.2 Å². The van der Waals surface area contributed by atoms with Crippen molar-refractivity contribution < 1.29 is 5.21 Å². The van der Waals surface area contributed by atoms with E-state index in [1.54, 1.807) is 0 Å². The fourth-order valence-corrected chi connectivity index (χ4v) is 1.31. The van der Waals surface area contributed by atoms with E-state index in [-0.39, 0.29) is 17.8 Å². The minimum Gasteiger partial charge on any atom is -0.409 e. The van der Waals surface area contributed by atoms with Crippen molar-refractivity contribution in [2.75, 3.05) is 0 Å². The van der Waals surface area contributed by atoms with Gasteiger partial charge in [-0.2, -0.15) is 0 Å². The Hall–Kier alpha value is -1.72. The van der Waals surface area contributed by atoms with Gasteiger partial charge in [-0.1, -0.05) is 19.0 Å². The average molecular weight is 212 g/mol. The van der Waals surface area contributed by atoms with E-state index < -0.39 is 0 Å². The molecule has 1 aromatic rings. The summed E-state index contributed by atoms with van der Waals surface area (Å²) in [5.41, 5.74) is 5.89. The van der Waals surface area contributed by atoms with Gasteiger partial charge < -0.3 is 10.9 Å². The number of nitrogens with zero attached hydrogens (tertiary/aromatic N) is 2. The fraction of sp³-hybridized carbons (Fsp3) is 0.556. The number of rotatable bonds is 4. The van der Waals surface area contributed by atoms with Crippen LogP contribution >= 0.6 is 0 Å². The second-order valence-corrected chi connectivity index (χ2v) is 3.89. The van der Waals surface area contributed by atoms with Crippen LogP contribution in [0.2, 0.25) is 0 Å². The van der Waals surface area contributed by atoms with Crippen LogP contribution in [0.15, 0.2) is 16.0 Å². The Morgan fingerprint density at radius 1 is 1.73 bits per heavy atom. The van der Waals surface area contributed by atoms with E-state index in [2.05, 4.69) is 10.3 Å². The number of aromatic amines is 1. The molecule has 0 atom stereocenters. The van der Waals surface area contributed by atoms with E-state index in [0.717, 1.165) is 0 Å². The van der Waals surface area contributed by atoms with Crippen LogP contribution in [0.5, 0.6) is 0 Å². The van der Waals surface area contributed by atoms with Gasteiger partial charge in [0.25, 0.3) is 5.56 Å². The third-order valence-corrected chi connectivity index (χ3v) is 1.89. The molecule has 84 valence electrons. The lowest BCUT2D eigenvalue weighted by atomic mass is 10.2. The molecule has 0 spiro atoms. The SMILES string of the molecule is CC(C)Cn1[nH]c(C/C(N)=N/O)cc1=O. The number of aromatic nitrogens is 2. The fourth-order valence-electron chi connectivity index (χ4n) is 1.31. The molecule has 4 N–H and O–H groups in total. The zero-order chi connectivity index (χ0) is 11.4. The molecular formula is C9H16N4O2. The van der Waals surface area contributed by atoms with Crippen LogP contribution in [0.4, 0.5) is 0 Å². The average Bonchev–Trinajstić information content (AvgIpc) is 2.45. The highest BCUT2D eigenvalue weighted by molar-refractivity contribution is 5.81. The van der Waals surface area contributed by atoms with Gasteiger partial charge in [0.1, 0.15) is 5.84 Å². The molecule has 0 aliphatic heterocycles. The van der Waals surface area contributed by atoms with Gasteiger partial charge in [-0.25, -0.2) is 0 Å². The van der Waals surface area contributed by atoms with Crippen LogP contribution in [0, 0.1) is 5.92 Å². The molecule has 0 aliphatic carbocycles. The summed E-state index contributed by atoms with van der Waals surface area (Å²) in [7, 11) is 0. The Balaban J connectivity index is 2.81. The molecule has 0 aromatic carbocycles. The zero-order valence-electron chi connectivity index (χ0n) is 8.90. The number of oxime groups is 1. The van der Waals surface area contributed by atoms with Gasteiger partial charge >= 0.3 is 0 Å². The second kappa shape index (κ2) is 4.68. The van der Waals surface area contributed by atoms with Crippen LogP contribution in [0.1, 0.15) is 19.5 Å². The van der Waals surface area contributed by atoms with E-state index in [4.69, 9.17) is 10.9 Å². The van der Waals surface area contributed by atoms with Gasteiger partial charge in [-0.3, -0.25) is 14.6 Å². The molecule has 0 aliphatic rings. The molecule has 1 aromatic heterocycles. The summed E-state index contributed by atoms with van der Waals surface area (Å²) >= 11 is 0. The third-order valence-electron chi connectivity index (χ3n) is 1.89. The molecule has 0 bridgehead atoms. The highest BCUT2D eigenvalue weighted by Crippen LogP contribution is 1.97. The zero-order valence-corrected chi connectivity index (χ0v) is 8.90. The van der Waals surface area contributed by atoms with Gasteiger partial charge in [-0.05, 0) is 5.92 Å². The summed E-state index contributed by atoms with van der Waals surface area (Å²) in [5, 5.41) is 14.1. The first-order chi connectivity index (χ1) is 7.02. The second-order valence-electron chi connectivity index (χ2n) is 3.89. The van der Waals surface area contributed by atoms with Gasteiger partial charge in [0.15, 0.2) is 0 Å². The summed E-state index contributed by atoms with van der Waals surface area (Å²) in [6.45, 7) is 4.68. The van der Waals surface area contributed by atoms with Crippen molar-refractivity contribution in [3.8, 4) is 0 Å². The lowest BCUT2D eigenvalue weighted by molar-refractivity contribution is 0.317. The number of amidine groups is 1. The van der Waals surface area contributed by atoms with E-state index in [1.165, 1.54) is 10.7 Å². The van der Waals surface area contributed by atoms with Gasteiger partial charge in [-0.15, -0.1) is 0 Å². The number of hydrogen-bond donors (Lipinski definition) is 3. The standard InChI is InChI=1S/C9H16N4O2/c1-6(2)5-13-9(14)4-7(11-13)3-8(10)12-15/h4,6,11,15H,3,5H2,1-2H3,(H2,10,12). The highest BCUT2D eigenvalue weighted by Gasteiger charge is 2.06. The monoisotopic (exact) mass is 212 g/mol. The van der Waals surface area contributed by atoms with Crippen molar-refractivity contribution in [2.45, 2.75) is 26.8 Å². The maximum atomic E-state index is 11.4. The van der Waals surface area contributed by atoms with E-state index in [1.807, 2.05) is 13.8 Å². The van der Waals surface area contributed by atoms with Crippen molar-refractivity contribution in [3.05, 3.63) is 22.1 Å². The maximum absolute atomic E-state index is 11.4. The molecule has 0 fully saturated rings. The van der Waals surface area contributed by atoms with Gasteiger partial charge in [0.2, 0.25) is 0 Å². The van der Waals surface area contributed by atoms with Crippen LogP contribution in [-0.4, -0.2) is 20.8 Å². The number of hydrogen-bond acceptors (Lipinski definition) is 3. The van der Waals surface area contributed by atoms with Crippen LogP contribution in [-0.2, 0) is 13.0 Å². The lowest BCUT2D eigenvalue weighted by Crippen LogP contribution is -2.19. The van der Waals surface area contributed by atoms with Crippen LogP contribution in [0.3, 0.4) is 0 Å². The molecule has 0 saturated heterocycles. The molecule has 6 nitrogen and oxygen atoms in total. The Kier molecular flexibility index (Phi) is 3.54. The summed E-state index contributed by atoms with van der Waals surface area (Å²) in [6.07, 6.45) is 0.247. The molecule has 0 saturated carbocycles. The predicted octanol–water partition coefficient (Wildman–Crippen LogP) is 0.121. The minimum atomic E-state index is -0.0931. The molecule has 15 heavy (non-hydrogen) atoms. The van der Waals surface area contributed by atoms with Crippen molar-refractivity contribution in [3.63, 3.8) is 0 Å². The summed E-state index contributed by atoms with van der Waals surface area (Å²) in [5.74, 6) is 0.464. The first-order valence-electron chi connectivity index (χ1n) is 4.78. The van der Waals surface area contributed by atoms with Crippen molar-refractivity contribution in [2.24, 2.45) is 16.8 Å². The molecule has 0 amide bonds. The Morgan fingerprint density at radius 3 is 2.93 bits per heavy atom. The maximum Gasteiger partial charge on any atom is 0.266 e. The summed E-state index contributed by atoms with van der Waals surface area (Å²) < 4.78 is 1.52. The van der Waals surface area contributed by atoms with Crippen molar-refractivity contribution in [1.29, 1.82) is 0 Å². The van der Waals surface area contributed by atoms with Gasteiger partial charge in [0, 0.05) is 18.3 Å². The molecule has 0 unspecified atom stereocenters. The summed E-state index contributed by atoms with van der Waals surface area (Å²) in [6, 6.07) is 1.46. The lowest BCUT2D eigenvalue weighted by Gasteiger charge is -2.04. The quantitative estimate of drug-likeness (QED) is 0.286. The number of nitrogens with one attached hydrogen (secondary N) is 1. The normalized spacial score (nSPS) is 12.3. The number of H-pyrrole nitrogens is 1. The highest BCUT2D eigenvalue weighted by atomic mass is 16.4. The molecule has 6 heteroatoms. The predicted molar refractivity (Wildman–Crippen MR) is 57.0 cm³/mol. The third kappa shape index (κ3) is 3.16. The molecule has 1 rings (SSSR count). The molecular weight excluding hydrogens is 196 g/mol. The van der Waals surface area contributed by atoms with Gasteiger partial charge in [0.05, 0.1) is 6.42 Å². The molecule has 0 radical (unpaired) electrons. The largest absolute Gasteiger partial charge is 0.409 e. The van der Waals surface area contributed by atoms with Crippen LogP contribution < -0.4 is 11.3 Å². The Labute approximate surface area is 87.4 Å². The topological polar surface area (TPSA) is 96.4 Å². The first kappa shape index (κ1) is 11.4. The Bertz CT molecular complexity index is 402. The van der Waals surface area contributed by atoms with Crippen molar-refractivity contribution in [1.82, 2.24) is 9.78 Å². The van der Waals surface area contributed by atoms with E-state index in [9.17, 15) is 4.79 Å². The molecule has 1 heterocycles.